The molecule has 0 aliphatic carbocycles. The fourth-order valence-corrected chi connectivity index (χ4v) is 3.90. The first-order chi connectivity index (χ1) is 11.0. The molecule has 0 spiro atoms. The quantitative estimate of drug-likeness (QED) is 0.423. The van der Waals surface area contributed by atoms with E-state index in [4.69, 9.17) is 0 Å². The zero-order valence-corrected chi connectivity index (χ0v) is 18.5. The summed E-state index contributed by atoms with van der Waals surface area (Å²) in [6.45, 7) is 7.51. The lowest BCUT2D eigenvalue weighted by atomic mass is 10.1. The molecule has 1 atom stereocenters. The Kier molecular flexibility index (Phi) is 9.18. The number of nitrogens with zero attached hydrogens (tertiary/aromatic N) is 4. The third-order valence-electron chi connectivity index (χ3n) is 4.07. The summed E-state index contributed by atoms with van der Waals surface area (Å²) >= 11 is 2.08. The molecule has 1 aromatic heterocycles. The number of pyridine rings is 1. The number of aromatic nitrogens is 1. The van der Waals surface area contributed by atoms with Gasteiger partial charge in [0.2, 0.25) is 0 Å². The Morgan fingerprint density at radius 2 is 2.25 bits per heavy atom. The molecule has 1 aliphatic heterocycles. The lowest BCUT2D eigenvalue weighted by Gasteiger charge is -2.36. The number of thioether (sulfide) groups is 1. The van der Waals surface area contributed by atoms with Gasteiger partial charge in [0, 0.05) is 58.0 Å². The molecule has 7 heteroatoms. The first-order valence-corrected chi connectivity index (χ1v) is 9.25. The minimum atomic E-state index is 0. The van der Waals surface area contributed by atoms with E-state index >= 15 is 0 Å². The van der Waals surface area contributed by atoms with Crippen LogP contribution in [0.4, 0.5) is 5.82 Å². The second kappa shape index (κ2) is 10.3. The largest absolute Gasteiger partial charge is 0.363 e. The number of hydrogen-bond donors (Lipinski definition) is 1. The summed E-state index contributed by atoms with van der Waals surface area (Å²) in [5, 5.41) is 4.19. The van der Waals surface area contributed by atoms with Gasteiger partial charge in [-0.1, -0.05) is 13.8 Å². The van der Waals surface area contributed by atoms with Crippen LogP contribution in [0.25, 0.3) is 0 Å². The Morgan fingerprint density at radius 3 is 2.88 bits per heavy atom. The number of anilines is 1. The molecule has 0 amide bonds. The third-order valence-corrected chi connectivity index (χ3v) is 5.61. The van der Waals surface area contributed by atoms with Gasteiger partial charge in [0.15, 0.2) is 5.96 Å². The zero-order chi connectivity index (χ0) is 16.8. The molecule has 1 N–H and O–H groups in total. The van der Waals surface area contributed by atoms with Crippen molar-refractivity contribution in [3.8, 4) is 0 Å². The Labute approximate surface area is 167 Å². The van der Waals surface area contributed by atoms with Crippen LogP contribution in [0.2, 0.25) is 0 Å². The lowest BCUT2D eigenvalue weighted by molar-refractivity contribution is 0.380. The van der Waals surface area contributed by atoms with Gasteiger partial charge in [-0.3, -0.25) is 4.99 Å². The Bertz CT molecular complexity index is 535. The van der Waals surface area contributed by atoms with Crippen LogP contribution in [0.3, 0.4) is 0 Å². The second-order valence-electron chi connectivity index (χ2n) is 6.42. The standard InChI is InChI=1S/C17H29N5S.HI/c1-13(2)15-12-22(8-9-23-15)17(18-3)20-11-14-6-7-19-16(10-14)21(4)5;/h6-7,10,13,15H,8-9,11-12H2,1-5H3,(H,18,20);1H. The molecule has 1 aromatic rings. The normalized spacial score (nSPS) is 18.3. The van der Waals surface area contributed by atoms with Crippen molar-refractivity contribution in [1.82, 2.24) is 15.2 Å². The van der Waals surface area contributed by atoms with Crippen molar-refractivity contribution in [2.75, 3.05) is 44.9 Å². The fourth-order valence-electron chi connectivity index (χ4n) is 2.60. The summed E-state index contributed by atoms with van der Waals surface area (Å²) in [5.41, 5.74) is 1.22. The van der Waals surface area contributed by atoms with Crippen molar-refractivity contribution in [3.63, 3.8) is 0 Å². The van der Waals surface area contributed by atoms with Crippen molar-refractivity contribution in [1.29, 1.82) is 0 Å². The second-order valence-corrected chi connectivity index (χ2v) is 7.76. The number of halogens is 1. The molecule has 0 bridgehead atoms. The summed E-state index contributed by atoms with van der Waals surface area (Å²) in [7, 11) is 5.89. The first-order valence-electron chi connectivity index (χ1n) is 8.20. The highest BCUT2D eigenvalue weighted by Crippen LogP contribution is 2.24. The van der Waals surface area contributed by atoms with E-state index < -0.39 is 0 Å². The molecule has 0 radical (unpaired) electrons. The number of nitrogens with one attached hydrogen (secondary N) is 1. The molecular formula is C17H30IN5S. The Balaban J connectivity index is 0.00000288. The van der Waals surface area contributed by atoms with Crippen LogP contribution in [0.5, 0.6) is 0 Å². The van der Waals surface area contributed by atoms with Crippen LogP contribution in [0.15, 0.2) is 23.3 Å². The summed E-state index contributed by atoms with van der Waals surface area (Å²) in [6.07, 6.45) is 1.86. The van der Waals surface area contributed by atoms with Gasteiger partial charge in [-0.05, 0) is 23.6 Å². The van der Waals surface area contributed by atoms with Crippen LogP contribution in [-0.2, 0) is 6.54 Å². The third kappa shape index (κ3) is 5.98. The number of hydrogen-bond acceptors (Lipinski definition) is 4. The van der Waals surface area contributed by atoms with Gasteiger partial charge in [-0.25, -0.2) is 4.98 Å². The molecule has 2 rings (SSSR count). The molecule has 0 saturated carbocycles. The zero-order valence-electron chi connectivity index (χ0n) is 15.3. The maximum Gasteiger partial charge on any atom is 0.193 e. The minimum Gasteiger partial charge on any atom is -0.363 e. The highest BCUT2D eigenvalue weighted by molar-refractivity contribution is 14.0. The summed E-state index contributed by atoms with van der Waals surface area (Å²) in [4.78, 5) is 13.2. The molecule has 1 fully saturated rings. The average molecular weight is 463 g/mol. The van der Waals surface area contributed by atoms with E-state index in [2.05, 4.69) is 57.9 Å². The molecule has 1 aliphatic rings. The van der Waals surface area contributed by atoms with Crippen LogP contribution in [-0.4, -0.2) is 61.1 Å². The highest BCUT2D eigenvalue weighted by atomic mass is 127. The van der Waals surface area contributed by atoms with Crippen LogP contribution in [0, 0.1) is 5.92 Å². The monoisotopic (exact) mass is 463 g/mol. The van der Waals surface area contributed by atoms with Gasteiger partial charge in [0.05, 0.1) is 0 Å². The van der Waals surface area contributed by atoms with Crippen LogP contribution in [0.1, 0.15) is 19.4 Å². The van der Waals surface area contributed by atoms with E-state index in [0.29, 0.717) is 11.2 Å². The van der Waals surface area contributed by atoms with Gasteiger partial charge >= 0.3 is 0 Å². The van der Waals surface area contributed by atoms with E-state index in [1.165, 1.54) is 11.3 Å². The van der Waals surface area contributed by atoms with E-state index in [0.717, 1.165) is 31.4 Å². The van der Waals surface area contributed by atoms with Crippen molar-refractivity contribution in [3.05, 3.63) is 23.9 Å². The maximum absolute atomic E-state index is 4.47. The Morgan fingerprint density at radius 1 is 1.50 bits per heavy atom. The van der Waals surface area contributed by atoms with Crippen LogP contribution < -0.4 is 10.2 Å². The van der Waals surface area contributed by atoms with Gasteiger partial charge < -0.3 is 15.1 Å². The molecular weight excluding hydrogens is 433 g/mol. The van der Waals surface area contributed by atoms with Crippen molar-refractivity contribution < 1.29 is 0 Å². The van der Waals surface area contributed by atoms with Crippen molar-refractivity contribution in [2.24, 2.45) is 10.9 Å². The average Bonchev–Trinajstić information content (AvgIpc) is 2.56. The van der Waals surface area contributed by atoms with Crippen molar-refractivity contribution in [2.45, 2.75) is 25.6 Å². The number of aliphatic imine (C=N–C) groups is 1. The topological polar surface area (TPSA) is 43.8 Å². The predicted octanol–water partition coefficient (Wildman–Crippen LogP) is 2.91. The Hall–Kier alpha value is -0.700. The SMILES string of the molecule is CN=C(NCc1ccnc(N(C)C)c1)N1CCSC(C(C)C)C1.I. The molecule has 1 saturated heterocycles. The molecule has 2 heterocycles. The van der Waals surface area contributed by atoms with Crippen LogP contribution >= 0.6 is 35.7 Å². The summed E-state index contributed by atoms with van der Waals surface area (Å²) < 4.78 is 0. The molecule has 1 unspecified atom stereocenters. The summed E-state index contributed by atoms with van der Waals surface area (Å²) in [5.74, 6) is 3.85. The van der Waals surface area contributed by atoms with E-state index in [1.807, 2.05) is 32.2 Å². The first kappa shape index (κ1) is 21.3. The van der Waals surface area contributed by atoms with Gasteiger partial charge in [0.1, 0.15) is 5.82 Å². The highest BCUT2D eigenvalue weighted by Gasteiger charge is 2.24. The number of guanidine groups is 1. The van der Waals surface area contributed by atoms with E-state index in [-0.39, 0.29) is 24.0 Å². The van der Waals surface area contributed by atoms with Gasteiger partial charge in [-0.15, -0.1) is 24.0 Å². The van der Waals surface area contributed by atoms with E-state index in [9.17, 15) is 0 Å². The molecule has 24 heavy (non-hydrogen) atoms. The molecule has 5 nitrogen and oxygen atoms in total. The lowest BCUT2D eigenvalue weighted by Crippen LogP contribution is -2.48. The van der Waals surface area contributed by atoms with E-state index in [1.54, 1.807) is 0 Å². The smallest absolute Gasteiger partial charge is 0.193 e. The van der Waals surface area contributed by atoms with Gasteiger partial charge in [-0.2, -0.15) is 11.8 Å². The minimum absolute atomic E-state index is 0. The van der Waals surface area contributed by atoms with Crippen molar-refractivity contribution >= 4 is 47.5 Å². The molecule has 136 valence electrons. The predicted molar refractivity (Wildman–Crippen MR) is 117 cm³/mol. The molecule has 0 aromatic carbocycles. The van der Waals surface area contributed by atoms with Gasteiger partial charge in [0.25, 0.3) is 0 Å². The number of rotatable bonds is 4. The fraction of sp³-hybridized carbons (Fsp3) is 0.647. The summed E-state index contributed by atoms with van der Waals surface area (Å²) in [6, 6.07) is 4.17. The maximum atomic E-state index is 4.47.